The number of nitrogens with zero attached hydrogens (tertiary/aromatic N) is 2. The number of benzene rings is 2. The molecular weight excluding hydrogens is 629 g/mol. The van der Waals surface area contributed by atoms with E-state index in [9.17, 15) is 4.79 Å². The van der Waals surface area contributed by atoms with E-state index in [1.165, 1.54) is 17.5 Å². The Labute approximate surface area is 247 Å². The molecule has 5 nitrogen and oxygen atoms in total. The van der Waals surface area contributed by atoms with Crippen molar-refractivity contribution >= 4 is 73.3 Å². The fourth-order valence-corrected chi connectivity index (χ4v) is 6.53. The normalized spacial score (nSPS) is 18.2. The van der Waals surface area contributed by atoms with E-state index in [2.05, 4.69) is 41.1 Å². The maximum atomic E-state index is 14.2. The van der Waals surface area contributed by atoms with Gasteiger partial charge in [0.25, 0.3) is 5.91 Å². The smallest absolute Gasteiger partial charge is 0.266 e. The van der Waals surface area contributed by atoms with Gasteiger partial charge < -0.3 is 15.4 Å². The summed E-state index contributed by atoms with van der Waals surface area (Å²) in [5, 5.41) is 1.46. The fourth-order valence-electron chi connectivity index (χ4n) is 4.92. The van der Waals surface area contributed by atoms with Crippen LogP contribution in [0.1, 0.15) is 60.3 Å². The number of halogens is 2. The Balaban J connectivity index is 1.75. The second-order valence-electron chi connectivity index (χ2n) is 9.60. The zero-order valence-electron chi connectivity index (χ0n) is 21.8. The minimum Gasteiger partial charge on any atom is -0.494 e. The van der Waals surface area contributed by atoms with Crippen LogP contribution in [0.25, 0.3) is 15.7 Å². The highest BCUT2D eigenvalue weighted by Gasteiger charge is 2.31. The van der Waals surface area contributed by atoms with Crippen molar-refractivity contribution in [1.82, 2.24) is 4.90 Å². The van der Waals surface area contributed by atoms with E-state index in [4.69, 9.17) is 22.1 Å². The van der Waals surface area contributed by atoms with Gasteiger partial charge in [-0.25, -0.2) is 0 Å². The van der Waals surface area contributed by atoms with Gasteiger partial charge in [0.05, 0.1) is 15.3 Å². The Bertz CT molecular complexity index is 1380. The van der Waals surface area contributed by atoms with Crippen LogP contribution in [0.5, 0.6) is 5.75 Å². The molecule has 1 amide bonds. The molecule has 1 aliphatic rings. The van der Waals surface area contributed by atoms with E-state index in [0.717, 1.165) is 58.2 Å². The van der Waals surface area contributed by atoms with Gasteiger partial charge in [-0.05, 0) is 84.9 Å². The maximum Gasteiger partial charge on any atom is 0.266 e. The van der Waals surface area contributed by atoms with Crippen molar-refractivity contribution in [3.63, 3.8) is 0 Å². The molecule has 1 fully saturated rings. The molecule has 0 atom stereocenters. The lowest BCUT2D eigenvalue weighted by Gasteiger charge is -2.36. The van der Waals surface area contributed by atoms with Gasteiger partial charge in [0, 0.05) is 46.2 Å². The molecule has 1 aliphatic carbocycles. The summed E-state index contributed by atoms with van der Waals surface area (Å²) in [6.07, 6.45) is 7.38. The highest BCUT2D eigenvalue weighted by molar-refractivity contribution is 14.1. The van der Waals surface area contributed by atoms with Gasteiger partial charge in [-0.15, -0.1) is 11.3 Å². The minimum atomic E-state index is -0.0269. The van der Waals surface area contributed by atoms with Crippen molar-refractivity contribution in [2.24, 2.45) is 16.6 Å². The number of nitrogens with two attached hydrogens (primary N) is 1. The average molecular weight is 662 g/mol. The van der Waals surface area contributed by atoms with Crippen molar-refractivity contribution in [2.45, 2.75) is 52.1 Å². The molecule has 4 rings (SSSR count). The first-order valence-electron chi connectivity index (χ1n) is 12.9. The number of carbonyl (C=O) groups is 1. The summed E-state index contributed by atoms with van der Waals surface area (Å²) in [7, 11) is 0. The quantitative estimate of drug-likeness (QED) is 0.142. The van der Waals surface area contributed by atoms with E-state index >= 15 is 0 Å². The van der Waals surface area contributed by atoms with Crippen molar-refractivity contribution < 1.29 is 9.53 Å². The Morgan fingerprint density at radius 3 is 2.66 bits per heavy atom. The van der Waals surface area contributed by atoms with E-state index in [1.807, 2.05) is 54.3 Å². The topological polar surface area (TPSA) is 67.9 Å². The molecule has 0 spiro atoms. The Morgan fingerprint density at radius 1 is 1.26 bits per heavy atom. The average Bonchev–Trinajstić information content (AvgIpc) is 3.25. The lowest BCUT2D eigenvalue weighted by Crippen LogP contribution is -2.41. The zero-order chi connectivity index (χ0) is 27.2. The molecule has 1 heterocycles. The molecule has 0 unspecified atom stereocenters. The number of rotatable bonds is 9. The van der Waals surface area contributed by atoms with Crippen molar-refractivity contribution in [3.05, 3.63) is 80.0 Å². The highest BCUT2D eigenvalue weighted by atomic mass is 127. The first kappa shape index (κ1) is 28.6. The molecule has 0 bridgehead atoms. The van der Waals surface area contributed by atoms with Gasteiger partial charge in [-0.3, -0.25) is 9.79 Å². The van der Waals surface area contributed by atoms with Gasteiger partial charge in [0.2, 0.25) is 0 Å². The second-order valence-corrected chi connectivity index (χ2v) is 12.3. The van der Waals surface area contributed by atoms with Gasteiger partial charge in [-0.2, -0.15) is 0 Å². The van der Waals surface area contributed by atoms with E-state index in [1.54, 1.807) is 6.21 Å². The molecule has 1 saturated carbocycles. The third kappa shape index (κ3) is 6.61. The zero-order valence-corrected chi connectivity index (χ0v) is 25.5. The van der Waals surface area contributed by atoms with Crippen LogP contribution in [0.15, 0.2) is 63.9 Å². The fraction of sp³-hybridized carbons (Fsp3) is 0.333. The van der Waals surface area contributed by atoms with E-state index in [0.29, 0.717) is 32.7 Å². The number of ether oxygens (including phenoxy) is 1. The van der Waals surface area contributed by atoms with E-state index < -0.39 is 0 Å². The Morgan fingerprint density at radius 2 is 2.00 bits per heavy atom. The molecule has 8 heteroatoms. The predicted molar refractivity (Wildman–Crippen MR) is 170 cm³/mol. The van der Waals surface area contributed by atoms with Gasteiger partial charge in [-0.1, -0.05) is 49.4 Å². The number of hydrogen-bond donors (Lipinski definition) is 1. The number of amides is 1. The molecule has 200 valence electrons. The number of fused-ring (bicyclic) bond motifs is 1. The van der Waals surface area contributed by atoms with Crippen LogP contribution in [-0.2, 0) is 6.54 Å². The van der Waals surface area contributed by atoms with Gasteiger partial charge >= 0.3 is 0 Å². The summed E-state index contributed by atoms with van der Waals surface area (Å²) in [5.41, 5.74) is 8.55. The Hall–Kier alpha value is -2.36. The summed E-state index contributed by atoms with van der Waals surface area (Å²) in [6.45, 7) is 9.02. The van der Waals surface area contributed by atoms with Crippen LogP contribution in [0.4, 0.5) is 0 Å². The summed E-state index contributed by atoms with van der Waals surface area (Å²) in [5.74, 6) is 1.40. The van der Waals surface area contributed by atoms with Crippen LogP contribution in [0.2, 0.25) is 5.02 Å². The SMILES string of the molecule is C=C(I)/N=C\C(=C/N)c1ccc(OCC)c(CN(C(=O)c2sc3ccccc3c2Cl)[C@H]2CC[C@H](C)CC2)c1. The van der Waals surface area contributed by atoms with Gasteiger partial charge in [0.15, 0.2) is 0 Å². The lowest BCUT2D eigenvalue weighted by atomic mass is 9.86. The number of thiophene rings is 1. The standard InChI is InChI=1S/C30H33ClIN3O2S/c1-4-37-26-14-11-21(23(16-33)17-34-20(3)32)15-22(26)18-35(24-12-9-19(2)10-13-24)30(36)29-28(31)25-7-5-6-8-27(25)38-29/h5-8,11,14-17,19,24H,3-4,9-10,12-13,18,33H2,1-2H3/b23-16+,34-17-/t19-,24-. The van der Waals surface area contributed by atoms with Crippen molar-refractivity contribution in [2.75, 3.05) is 6.61 Å². The summed E-state index contributed by atoms with van der Waals surface area (Å²) < 4.78 is 7.69. The summed E-state index contributed by atoms with van der Waals surface area (Å²) in [4.78, 5) is 21.1. The first-order chi connectivity index (χ1) is 18.3. The molecule has 0 saturated heterocycles. The van der Waals surface area contributed by atoms with Gasteiger partial charge in [0.1, 0.15) is 10.6 Å². The first-order valence-corrected chi connectivity index (χ1v) is 15.1. The van der Waals surface area contributed by atoms with Crippen LogP contribution in [0.3, 0.4) is 0 Å². The van der Waals surface area contributed by atoms with Crippen molar-refractivity contribution in [3.8, 4) is 5.75 Å². The monoisotopic (exact) mass is 661 g/mol. The van der Waals surface area contributed by atoms with Crippen LogP contribution in [0, 0.1) is 5.92 Å². The van der Waals surface area contributed by atoms with E-state index in [-0.39, 0.29) is 11.9 Å². The molecule has 0 radical (unpaired) electrons. The minimum absolute atomic E-state index is 0.0269. The molecule has 0 aliphatic heterocycles. The number of carbonyl (C=O) groups excluding carboxylic acids is 1. The molecule has 1 aromatic heterocycles. The van der Waals surface area contributed by atoms with Crippen LogP contribution >= 0.6 is 45.5 Å². The molecule has 2 aromatic carbocycles. The number of hydrogen-bond acceptors (Lipinski definition) is 5. The van der Waals surface area contributed by atoms with Crippen molar-refractivity contribution in [1.29, 1.82) is 0 Å². The maximum absolute atomic E-state index is 14.2. The predicted octanol–water partition coefficient (Wildman–Crippen LogP) is 8.45. The number of aliphatic imine (C=N–C) groups is 1. The molecular formula is C30H33ClIN3O2S. The highest BCUT2D eigenvalue weighted by Crippen LogP contribution is 2.38. The lowest BCUT2D eigenvalue weighted by molar-refractivity contribution is 0.0596. The molecule has 38 heavy (non-hydrogen) atoms. The number of allylic oxidation sites excluding steroid dienone is 1. The third-order valence-electron chi connectivity index (χ3n) is 6.97. The Kier molecular flexibility index (Phi) is 9.90. The summed E-state index contributed by atoms with van der Waals surface area (Å²) >= 11 is 10.3. The summed E-state index contributed by atoms with van der Waals surface area (Å²) in [6, 6.07) is 14.0. The third-order valence-corrected chi connectivity index (χ3v) is 8.92. The second kappa shape index (κ2) is 13.1. The molecule has 3 aromatic rings. The van der Waals surface area contributed by atoms with Crippen LogP contribution in [-0.4, -0.2) is 29.7 Å². The molecule has 2 N–H and O–H groups in total. The van der Waals surface area contributed by atoms with Crippen LogP contribution < -0.4 is 10.5 Å². The largest absolute Gasteiger partial charge is 0.494 e.